The number of carbonyl (C=O) groups is 1. The number of carbonyl (C=O) groups excluding carboxylic acids is 1. The molecule has 0 saturated carbocycles. The predicted molar refractivity (Wildman–Crippen MR) is 107 cm³/mol. The first-order chi connectivity index (χ1) is 13.0. The number of hydrogen-bond acceptors (Lipinski definition) is 3. The van der Waals surface area contributed by atoms with E-state index in [-0.39, 0.29) is 24.7 Å². The molecule has 142 valence electrons. The Labute approximate surface area is 159 Å². The number of hydrogen-bond donors (Lipinski definition) is 3. The lowest BCUT2D eigenvalue weighted by Crippen LogP contribution is -2.34. The molecule has 27 heavy (non-hydrogen) atoms. The topological polar surface area (TPSA) is 91.1 Å². The Morgan fingerprint density at radius 2 is 1.74 bits per heavy atom. The summed E-state index contributed by atoms with van der Waals surface area (Å²) in [5.41, 5.74) is 3.02. The number of amides is 1. The maximum atomic E-state index is 12.0. The molecule has 0 aliphatic rings. The van der Waals surface area contributed by atoms with Gasteiger partial charge >= 0.3 is 0 Å². The third-order valence-electron chi connectivity index (χ3n) is 4.33. The zero-order chi connectivity index (χ0) is 19.1. The second kappa shape index (κ2) is 8.83. The second-order valence-electron chi connectivity index (χ2n) is 6.34. The number of benzene rings is 2. The van der Waals surface area contributed by atoms with Gasteiger partial charge in [-0.05, 0) is 23.6 Å². The molecular formula is C20H23N3O3S. The highest BCUT2D eigenvalue weighted by molar-refractivity contribution is 7.89. The van der Waals surface area contributed by atoms with Gasteiger partial charge in [0.1, 0.15) is 0 Å². The first kappa shape index (κ1) is 19.1. The summed E-state index contributed by atoms with van der Waals surface area (Å²) in [5.74, 6) is -0.294. The van der Waals surface area contributed by atoms with E-state index < -0.39 is 10.0 Å². The normalized spacial score (nSPS) is 11.6. The van der Waals surface area contributed by atoms with E-state index in [1.807, 2.05) is 60.8 Å². The van der Waals surface area contributed by atoms with Crippen LogP contribution in [0.2, 0.25) is 0 Å². The lowest BCUT2D eigenvalue weighted by Gasteiger charge is -2.08. The van der Waals surface area contributed by atoms with Crippen molar-refractivity contribution in [1.82, 2.24) is 15.0 Å². The van der Waals surface area contributed by atoms with Gasteiger partial charge in [-0.3, -0.25) is 4.79 Å². The van der Waals surface area contributed by atoms with Crippen molar-refractivity contribution in [3.63, 3.8) is 0 Å². The molecule has 1 amide bonds. The first-order valence-electron chi connectivity index (χ1n) is 8.86. The molecule has 0 aliphatic carbocycles. The quantitative estimate of drug-likeness (QED) is 0.528. The largest absolute Gasteiger partial charge is 0.361 e. The van der Waals surface area contributed by atoms with Crippen LogP contribution in [-0.2, 0) is 27.8 Å². The van der Waals surface area contributed by atoms with Gasteiger partial charge < -0.3 is 10.3 Å². The zero-order valence-corrected chi connectivity index (χ0v) is 15.8. The van der Waals surface area contributed by atoms with E-state index in [2.05, 4.69) is 15.0 Å². The van der Waals surface area contributed by atoms with E-state index in [0.29, 0.717) is 12.8 Å². The standard InChI is InChI=1S/C20H23N3O3S/c24-20(11-10-17-15-22-19-9-5-4-8-18(17)19)21-12-13-27(25,26)23-14-16-6-2-1-3-7-16/h1-9,15,22-23H,10-14H2,(H,21,24). The van der Waals surface area contributed by atoms with E-state index in [1.54, 1.807) is 0 Å². The molecule has 3 rings (SSSR count). The van der Waals surface area contributed by atoms with Crippen LogP contribution in [0.5, 0.6) is 0 Å². The first-order valence-corrected chi connectivity index (χ1v) is 10.5. The van der Waals surface area contributed by atoms with Gasteiger partial charge in [0.15, 0.2) is 0 Å². The summed E-state index contributed by atoms with van der Waals surface area (Å²) >= 11 is 0. The summed E-state index contributed by atoms with van der Waals surface area (Å²) < 4.78 is 26.6. The van der Waals surface area contributed by atoms with Crippen LogP contribution >= 0.6 is 0 Å². The Morgan fingerprint density at radius 1 is 1.00 bits per heavy atom. The summed E-state index contributed by atoms with van der Waals surface area (Å²) in [4.78, 5) is 15.2. The number of aromatic nitrogens is 1. The van der Waals surface area contributed by atoms with Crippen LogP contribution in [0.25, 0.3) is 10.9 Å². The fourth-order valence-corrected chi connectivity index (χ4v) is 3.76. The van der Waals surface area contributed by atoms with Crippen molar-refractivity contribution in [1.29, 1.82) is 0 Å². The molecule has 7 heteroatoms. The lowest BCUT2D eigenvalue weighted by molar-refractivity contribution is -0.120. The van der Waals surface area contributed by atoms with Gasteiger partial charge in [-0.25, -0.2) is 13.1 Å². The number of fused-ring (bicyclic) bond motifs is 1. The van der Waals surface area contributed by atoms with E-state index in [4.69, 9.17) is 0 Å². The summed E-state index contributed by atoms with van der Waals surface area (Å²) in [6.07, 6.45) is 2.84. The number of nitrogens with one attached hydrogen (secondary N) is 3. The van der Waals surface area contributed by atoms with Gasteiger partial charge in [0.05, 0.1) is 5.75 Å². The molecule has 0 spiro atoms. The van der Waals surface area contributed by atoms with Crippen LogP contribution in [0.1, 0.15) is 17.5 Å². The number of sulfonamides is 1. The number of H-pyrrole nitrogens is 1. The summed E-state index contributed by atoms with van der Waals surface area (Å²) in [5, 5.41) is 3.79. The maximum absolute atomic E-state index is 12.0. The third kappa shape index (κ3) is 5.67. The van der Waals surface area contributed by atoms with Crippen molar-refractivity contribution >= 4 is 26.8 Å². The van der Waals surface area contributed by atoms with Crippen LogP contribution in [0.4, 0.5) is 0 Å². The summed E-state index contributed by atoms with van der Waals surface area (Å²) in [6.45, 7) is 0.342. The van der Waals surface area contributed by atoms with Crippen molar-refractivity contribution < 1.29 is 13.2 Å². The zero-order valence-electron chi connectivity index (χ0n) is 14.9. The van der Waals surface area contributed by atoms with Crippen molar-refractivity contribution in [3.05, 3.63) is 71.9 Å². The predicted octanol–water partition coefficient (Wildman–Crippen LogP) is 2.34. The van der Waals surface area contributed by atoms with Crippen LogP contribution in [0.15, 0.2) is 60.8 Å². The van der Waals surface area contributed by atoms with Crippen molar-refractivity contribution in [3.8, 4) is 0 Å². The molecule has 1 aromatic heterocycles. The fourth-order valence-electron chi connectivity index (χ4n) is 2.86. The Balaban J connectivity index is 1.40. The van der Waals surface area contributed by atoms with Crippen molar-refractivity contribution in [2.24, 2.45) is 0 Å². The molecule has 1 heterocycles. The highest BCUT2D eigenvalue weighted by atomic mass is 32.2. The smallest absolute Gasteiger partial charge is 0.220 e. The number of rotatable bonds is 9. The van der Waals surface area contributed by atoms with Gasteiger partial charge in [-0.15, -0.1) is 0 Å². The molecule has 0 radical (unpaired) electrons. The molecule has 0 aliphatic heterocycles. The highest BCUT2D eigenvalue weighted by Gasteiger charge is 2.11. The van der Waals surface area contributed by atoms with Crippen LogP contribution in [0, 0.1) is 0 Å². The molecular weight excluding hydrogens is 362 g/mol. The Morgan fingerprint density at radius 3 is 2.56 bits per heavy atom. The van der Waals surface area contributed by atoms with Crippen LogP contribution in [-0.4, -0.2) is 31.6 Å². The van der Waals surface area contributed by atoms with Gasteiger partial charge in [-0.2, -0.15) is 0 Å². The molecule has 0 unspecified atom stereocenters. The number of aromatic amines is 1. The molecule has 2 aromatic carbocycles. The van der Waals surface area contributed by atoms with E-state index in [1.165, 1.54) is 0 Å². The van der Waals surface area contributed by atoms with Gasteiger partial charge in [0.25, 0.3) is 0 Å². The van der Waals surface area contributed by atoms with E-state index >= 15 is 0 Å². The molecule has 0 atom stereocenters. The minimum Gasteiger partial charge on any atom is -0.361 e. The fraction of sp³-hybridized carbons (Fsp3) is 0.250. The highest BCUT2D eigenvalue weighted by Crippen LogP contribution is 2.18. The maximum Gasteiger partial charge on any atom is 0.220 e. The van der Waals surface area contributed by atoms with Crippen LogP contribution < -0.4 is 10.0 Å². The molecule has 0 bridgehead atoms. The molecule has 0 saturated heterocycles. The Hall–Kier alpha value is -2.64. The molecule has 6 nitrogen and oxygen atoms in total. The minimum atomic E-state index is -3.43. The van der Waals surface area contributed by atoms with Crippen LogP contribution in [0.3, 0.4) is 0 Å². The SMILES string of the molecule is O=C(CCc1c[nH]c2ccccc12)NCCS(=O)(=O)NCc1ccccc1. The average molecular weight is 385 g/mol. The average Bonchev–Trinajstić information content (AvgIpc) is 3.09. The number of para-hydroxylation sites is 1. The van der Waals surface area contributed by atoms with Gasteiger partial charge in [0.2, 0.25) is 15.9 Å². The third-order valence-corrected chi connectivity index (χ3v) is 5.65. The molecule has 3 aromatic rings. The summed E-state index contributed by atoms with van der Waals surface area (Å²) in [6, 6.07) is 17.2. The van der Waals surface area contributed by atoms with E-state index in [9.17, 15) is 13.2 Å². The van der Waals surface area contributed by atoms with E-state index in [0.717, 1.165) is 22.0 Å². The van der Waals surface area contributed by atoms with Gasteiger partial charge in [-0.1, -0.05) is 48.5 Å². The van der Waals surface area contributed by atoms with Crippen molar-refractivity contribution in [2.45, 2.75) is 19.4 Å². The summed E-state index contributed by atoms with van der Waals surface area (Å²) in [7, 11) is -3.43. The lowest BCUT2D eigenvalue weighted by atomic mass is 10.1. The number of aryl methyl sites for hydroxylation is 1. The molecule has 0 fully saturated rings. The molecule has 3 N–H and O–H groups in total. The Kier molecular flexibility index (Phi) is 6.26. The monoisotopic (exact) mass is 385 g/mol. The van der Waals surface area contributed by atoms with Gasteiger partial charge in [0, 0.05) is 36.6 Å². The minimum absolute atomic E-state index is 0.0941. The van der Waals surface area contributed by atoms with Crippen molar-refractivity contribution in [2.75, 3.05) is 12.3 Å². The Bertz CT molecular complexity index is 997. The second-order valence-corrected chi connectivity index (χ2v) is 8.26.